The van der Waals surface area contributed by atoms with Crippen molar-refractivity contribution in [1.82, 2.24) is 14.9 Å². The van der Waals surface area contributed by atoms with Crippen LogP contribution >= 0.6 is 0 Å². The number of anilines is 1. The molecule has 2 amide bonds. The maximum Gasteiger partial charge on any atom is 0.253 e. The molecule has 0 unspecified atom stereocenters. The van der Waals surface area contributed by atoms with Crippen molar-refractivity contribution < 1.29 is 9.59 Å². The molecule has 4 rings (SSSR count). The highest BCUT2D eigenvalue weighted by Crippen LogP contribution is 2.34. The van der Waals surface area contributed by atoms with Crippen molar-refractivity contribution >= 4 is 17.8 Å². The van der Waals surface area contributed by atoms with E-state index < -0.39 is 5.91 Å². The Morgan fingerprint density at radius 1 is 1.03 bits per heavy atom. The minimum absolute atomic E-state index is 0.0135. The van der Waals surface area contributed by atoms with Gasteiger partial charge in [0.2, 0.25) is 11.9 Å². The van der Waals surface area contributed by atoms with Gasteiger partial charge in [-0.25, -0.2) is 9.97 Å². The van der Waals surface area contributed by atoms with Crippen LogP contribution < -0.4 is 11.5 Å². The number of carbonyl (C=O) groups is 2. The third kappa shape index (κ3) is 4.00. The Kier molecular flexibility index (Phi) is 5.43. The summed E-state index contributed by atoms with van der Waals surface area (Å²) in [6, 6.07) is 16.4. The number of primary amides is 1. The summed E-state index contributed by atoms with van der Waals surface area (Å²) < 4.78 is 0. The fraction of sp³-hybridized carbons (Fsp3) is 0.217. The van der Waals surface area contributed by atoms with E-state index in [0.29, 0.717) is 24.2 Å². The molecule has 0 aliphatic carbocycles. The number of likely N-dealkylation sites (tertiary alicyclic amines) is 1. The molecule has 30 heavy (non-hydrogen) atoms. The molecule has 1 fully saturated rings. The molecule has 152 valence electrons. The molecule has 1 aromatic heterocycles. The highest BCUT2D eigenvalue weighted by molar-refractivity contribution is 5.95. The van der Waals surface area contributed by atoms with E-state index in [-0.39, 0.29) is 17.8 Å². The van der Waals surface area contributed by atoms with Gasteiger partial charge in [-0.3, -0.25) is 9.59 Å². The van der Waals surface area contributed by atoms with Crippen molar-refractivity contribution in [3.8, 4) is 11.1 Å². The van der Waals surface area contributed by atoms with Gasteiger partial charge in [0.1, 0.15) is 0 Å². The van der Waals surface area contributed by atoms with Crippen LogP contribution in [0.1, 0.15) is 45.2 Å². The first-order chi connectivity index (χ1) is 14.5. The third-order valence-corrected chi connectivity index (χ3v) is 5.41. The van der Waals surface area contributed by atoms with Crippen molar-refractivity contribution in [2.45, 2.75) is 18.8 Å². The van der Waals surface area contributed by atoms with E-state index in [4.69, 9.17) is 11.5 Å². The highest BCUT2D eigenvalue weighted by atomic mass is 16.2. The summed E-state index contributed by atoms with van der Waals surface area (Å²) in [6.07, 6.45) is 3.43. The van der Waals surface area contributed by atoms with Gasteiger partial charge >= 0.3 is 0 Å². The summed E-state index contributed by atoms with van der Waals surface area (Å²) in [5.41, 5.74) is 14.8. The second kappa shape index (κ2) is 8.32. The summed E-state index contributed by atoms with van der Waals surface area (Å²) in [6.45, 7) is 1.25. The van der Waals surface area contributed by atoms with Gasteiger partial charge < -0.3 is 16.4 Å². The second-order valence-corrected chi connectivity index (χ2v) is 7.43. The van der Waals surface area contributed by atoms with Crippen LogP contribution in [0.5, 0.6) is 0 Å². The molecule has 0 radical (unpaired) electrons. The van der Waals surface area contributed by atoms with Gasteiger partial charge in [0, 0.05) is 41.9 Å². The van der Waals surface area contributed by atoms with Crippen molar-refractivity contribution in [2.24, 2.45) is 5.73 Å². The molecular weight excluding hydrogens is 378 g/mol. The minimum Gasteiger partial charge on any atom is -0.368 e. The average molecular weight is 401 g/mol. The molecule has 0 saturated carbocycles. The molecule has 1 atom stereocenters. The van der Waals surface area contributed by atoms with Gasteiger partial charge in [0.05, 0.1) is 5.69 Å². The SMILES string of the molecule is NC(=O)c1cccc(-c2cnc(N)nc2[C@@H]2CCCN(C(=O)c3ccccc3)C2)c1. The van der Waals surface area contributed by atoms with Crippen LogP contribution in [0, 0.1) is 0 Å². The first-order valence-electron chi connectivity index (χ1n) is 9.90. The van der Waals surface area contributed by atoms with Crippen molar-refractivity contribution in [1.29, 1.82) is 0 Å². The number of benzene rings is 2. The number of nitrogens with zero attached hydrogens (tertiary/aromatic N) is 3. The fourth-order valence-corrected chi connectivity index (χ4v) is 3.93. The summed E-state index contributed by atoms with van der Waals surface area (Å²) in [7, 11) is 0. The Hall–Kier alpha value is -3.74. The standard InChI is InChI=1S/C23H23N5O2/c24-21(29)17-9-4-8-16(12-17)19-13-26-23(25)27-20(19)18-10-5-11-28(14-18)22(30)15-6-2-1-3-7-15/h1-4,6-9,12-13,18H,5,10-11,14H2,(H2,24,29)(H2,25,26,27)/t18-/m1/s1. The lowest BCUT2D eigenvalue weighted by Crippen LogP contribution is -2.39. The van der Waals surface area contributed by atoms with Crippen LogP contribution in [0.25, 0.3) is 11.1 Å². The molecule has 1 aliphatic heterocycles. The van der Waals surface area contributed by atoms with Gasteiger partial charge in [0.25, 0.3) is 5.91 Å². The number of piperidine rings is 1. The van der Waals surface area contributed by atoms with Crippen molar-refractivity contribution in [2.75, 3.05) is 18.8 Å². The quantitative estimate of drug-likeness (QED) is 0.697. The number of nitrogens with two attached hydrogens (primary N) is 2. The Morgan fingerprint density at radius 3 is 2.57 bits per heavy atom. The van der Waals surface area contributed by atoms with Crippen LogP contribution in [-0.4, -0.2) is 39.8 Å². The number of carbonyl (C=O) groups excluding carboxylic acids is 2. The normalized spacial score (nSPS) is 16.3. The zero-order valence-electron chi connectivity index (χ0n) is 16.5. The smallest absolute Gasteiger partial charge is 0.253 e. The van der Waals surface area contributed by atoms with Gasteiger partial charge in [-0.2, -0.15) is 0 Å². The summed E-state index contributed by atoms with van der Waals surface area (Å²) >= 11 is 0. The lowest BCUT2D eigenvalue weighted by Gasteiger charge is -2.33. The fourth-order valence-electron chi connectivity index (χ4n) is 3.93. The van der Waals surface area contributed by atoms with E-state index in [0.717, 1.165) is 29.7 Å². The van der Waals surface area contributed by atoms with E-state index in [1.807, 2.05) is 41.3 Å². The van der Waals surface area contributed by atoms with Gasteiger partial charge in [-0.1, -0.05) is 30.3 Å². The molecule has 2 aromatic carbocycles. The third-order valence-electron chi connectivity index (χ3n) is 5.41. The summed E-state index contributed by atoms with van der Waals surface area (Å²) in [5, 5.41) is 0. The highest BCUT2D eigenvalue weighted by Gasteiger charge is 2.28. The van der Waals surface area contributed by atoms with Crippen LogP contribution in [0.3, 0.4) is 0 Å². The number of rotatable bonds is 4. The molecule has 1 aliphatic rings. The van der Waals surface area contributed by atoms with E-state index in [1.54, 1.807) is 24.4 Å². The number of amides is 2. The molecule has 7 heteroatoms. The molecule has 4 N–H and O–H groups in total. The molecule has 7 nitrogen and oxygen atoms in total. The van der Waals surface area contributed by atoms with Crippen LogP contribution in [-0.2, 0) is 0 Å². The first-order valence-corrected chi connectivity index (χ1v) is 9.90. The Balaban J connectivity index is 1.67. The van der Waals surface area contributed by atoms with Crippen LogP contribution in [0.2, 0.25) is 0 Å². The first kappa shape index (κ1) is 19.6. The zero-order chi connectivity index (χ0) is 21.1. The largest absolute Gasteiger partial charge is 0.368 e. The lowest BCUT2D eigenvalue weighted by molar-refractivity contribution is 0.0706. The number of aromatic nitrogens is 2. The van der Waals surface area contributed by atoms with Gasteiger partial charge in [-0.05, 0) is 42.7 Å². The number of hydrogen-bond donors (Lipinski definition) is 2. The Bertz CT molecular complexity index is 1080. The molecule has 0 spiro atoms. The second-order valence-electron chi connectivity index (χ2n) is 7.43. The van der Waals surface area contributed by atoms with E-state index in [9.17, 15) is 9.59 Å². The molecule has 3 aromatic rings. The maximum atomic E-state index is 12.9. The molecular formula is C23H23N5O2. The van der Waals surface area contributed by atoms with Gasteiger partial charge in [0.15, 0.2) is 0 Å². The predicted molar refractivity (Wildman–Crippen MR) is 115 cm³/mol. The predicted octanol–water partition coefficient (Wildman–Crippen LogP) is 2.84. The van der Waals surface area contributed by atoms with Crippen molar-refractivity contribution in [3.05, 3.63) is 77.6 Å². The summed E-state index contributed by atoms with van der Waals surface area (Å²) in [5.74, 6) is -0.276. The van der Waals surface area contributed by atoms with Gasteiger partial charge in [-0.15, -0.1) is 0 Å². The van der Waals surface area contributed by atoms with Crippen molar-refractivity contribution in [3.63, 3.8) is 0 Å². The van der Waals surface area contributed by atoms with Crippen LogP contribution in [0.15, 0.2) is 60.8 Å². The molecule has 2 heterocycles. The minimum atomic E-state index is -0.493. The maximum absolute atomic E-state index is 12.9. The topological polar surface area (TPSA) is 115 Å². The number of hydrogen-bond acceptors (Lipinski definition) is 5. The van der Waals surface area contributed by atoms with E-state index in [2.05, 4.69) is 9.97 Å². The monoisotopic (exact) mass is 401 g/mol. The Morgan fingerprint density at radius 2 is 1.80 bits per heavy atom. The zero-order valence-corrected chi connectivity index (χ0v) is 16.5. The summed E-state index contributed by atoms with van der Waals surface area (Å²) in [4.78, 5) is 35.1. The number of nitrogen functional groups attached to an aromatic ring is 1. The van der Waals surface area contributed by atoms with E-state index in [1.165, 1.54) is 0 Å². The molecule has 0 bridgehead atoms. The van der Waals surface area contributed by atoms with E-state index >= 15 is 0 Å². The average Bonchev–Trinajstić information content (AvgIpc) is 2.79. The lowest BCUT2D eigenvalue weighted by atomic mass is 9.89. The van der Waals surface area contributed by atoms with Crippen LogP contribution in [0.4, 0.5) is 5.95 Å². The molecule has 1 saturated heterocycles. The Labute approximate surface area is 174 Å².